The summed E-state index contributed by atoms with van der Waals surface area (Å²) in [5.41, 5.74) is 1.88. The summed E-state index contributed by atoms with van der Waals surface area (Å²) in [5, 5.41) is 24.2. The third-order valence-electron chi connectivity index (χ3n) is 4.49. The number of nitrogens with two attached hydrogens (primary N) is 1. The summed E-state index contributed by atoms with van der Waals surface area (Å²) in [6.45, 7) is 1.71. The van der Waals surface area contributed by atoms with Gasteiger partial charge in [0.25, 0.3) is 5.91 Å². The Morgan fingerprint density at radius 1 is 1.23 bits per heavy atom. The van der Waals surface area contributed by atoms with Gasteiger partial charge in [-0.25, -0.2) is 13.6 Å². The summed E-state index contributed by atoms with van der Waals surface area (Å²) >= 11 is 5.22. The summed E-state index contributed by atoms with van der Waals surface area (Å²) in [6.07, 6.45) is 0. The topological polar surface area (TPSA) is 143 Å². The molecule has 1 unspecified atom stereocenters. The van der Waals surface area contributed by atoms with Crippen molar-refractivity contribution < 1.29 is 23.1 Å². The maximum atomic E-state index is 13.0. The van der Waals surface area contributed by atoms with Crippen LogP contribution in [0.4, 0.5) is 5.69 Å². The third-order valence-corrected chi connectivity index (χ3v) is 5.64. The van der Waals surface area contributed by atoms with Crippen LogP contribution in [0.25, 0.3) is 0 Å². The molecule has 0 saturated carbocycles. The van der Waals surface area contributed by atoms with Crippen LogP contribution in [0, 0.1) is 0 Å². The molecule has 30 heavy (non-hydrogen) atoms. The molecule has 0 saturated heterocycles. The second-order valence-electron chi connectivity index (χ2n) is 6.52. The van der Waals surface area contributed by atoms with Crippen molar-refractivity contribution in [2.75, 3.05) is 12.4 Å². The maximum absolute atomic E-state index is 13.0. The molecule has 0 aliphatic carbocycles. The number of nitrogens with one attached hydrogen (secondary N) is 3. The number of hydrogen-bond donors (Lipinski definition) is 5. The quantitative estimate of drug-likeness (QED) is 0.433. The number of allylic oxidation sites excluding steroid dienone is 1. The van der Waals surface area contributed by atoms with E-state index in [1.807, 2.05) is 0 Å². The van der Waals surface area contributed by atoms with Crippen LogP contribution in [0.3, 0.4) is 0 Å². The maximum Gasteiger partial charge on any atom is 0.255 e. The predicted molar refractivity (Wildman–Crippen MR) is 115 cm³/mol. The minimum Gasteiger partial charge on any atom is -0.504 e. The molecule has 2 aromatic rings. The second kappa shape index (κ2) is 8.30. The molecule has 6 N–H and O–H groups in total. The number of rotatable bonds is 5. The average Bonchev–Trinajstić information content (AvgIpc) is 2.66. The van der Waals surface area contributed by atoms with Gasteiger partial charge in [0, 0.05) is 11.4 Å². The first-order chi connectivity index (χ1) is 14.1. The van der Waals surface area contributed by atoms with Crippen LogP contribution in [-0.2, 0) is 14.8 Å². The van der Waals surface area contributed by atoms with Crippen LogP contribution in [0.15, 0.2) is 58.6 Å². The van der Waals surface area contributed by atoms with E-state index in [0.717, 1.165) is 0 Å². The van der Waals surface area contributed by atoms with E-state index in [0.29, 0.717) is 33.4 Å². The van der Waals surface area contributed by atoms with Crippen molar-refractivity contribution in [2.24, 2.45) is 5.14 Å². The highest BCUT2D eigenvalue weighted by molar-refractivity contribution is 7.89. The van der Waals surface area contributed by atoms with Crippen molar-refractivity contribution in [1.29, 1.82) is 0 Å². The molecule has 0 radical (unpaired) electrons. The number of benzene rings is 2. The minimum atomic E-state index is -3.83. The molecule has 158 valence electrons. The highest BCUT2D eigenvalue weighted by Gasteiger charge is 2.30. The first-order valence-corrected chi connectivity index (χ1v) is 10.6. The van der Waals surface area contributed by atoms with Crippen molar-refractivity contribution in [3.8, 4) is 11.5 Å². The Labute approximate surface area is 179 Å². The summed E-state index contributed by atoms with van der Waals surface area (Å²) in [4.78, 5) is 13.0. The average molecular weight is 449 g/mol. The highest BCUT2D eigenvalue weighted by Crippen LogP contribution is 2.33. The molecule has 1 amide bonds. The molecule has 1 atom stereocenters. The van der Waals surface area contributed by atoms with E-state index in [4.69, 9.17) is 22.1 Å². The number of phenolic OH excluding ortho intramolecular Hbond substituents is 1. The van der Waals surface area contributed by atoms with Gasteiger partial charge < -0.3 is 25.8 Å². The lowest BCUT2D eigenvalue weighted by molar-refractivity contribution is -0.113. The molecule has 0 fully saturated rings. The van der Waals surface area contributed by atoms with Crippen molar-refractivity contribution >= 4 is 38.9 Å². The summed E-state index contributed by atoms with van der Waals surface area (Å²) in [6, 6.07) is 9.66. The standard InChI is InChI=1S/C19H20N4O5S2/c1-10-16(18(25)22-12-4-6-13(7-5-12)30(20,26)27)17(23-19(29)21-10)11-3-8-15(28-2)14(24)9-11/h3-9,17,24H,1-2H3,(H,22,25)(H2,20,26,27)(H2,21,23,29). The van der Waals surface area contributed by atoms with Crippen LogP contribution in [0.2, 0.25) is 0 Å². The Balaban J connectivity index is 1.92. The van der Waals surface area contributed by atoms with Crippen molar-refractivity contribution in [1.82, 2.24) is 10.6 Å². The summed E-state index contributed by atoms with van der Waals surface area (Å²) in [7, 11) is -2.39. The first-order valence-electron chi connectivity index (χ1n) is 8.69. The van der Waals surface area contributed by atoms with Crippen LogP contribution >= 0.6 is 12.2 Å². The Bertz CT molecular complexity index is 1140. The number of primary sulfonamides is 1. The Morgan fingerprint density at radius 2 is 1.90 bits per heavy atom. The van der Waals surface area contributed by atoms with E-state index in [1.54, 1.807) is 19.1 Å². The fourth-order valence-corrected chi connectivity index (χ4v) is 3.84. The smallest absolute Gasteiger partial charge is 0.255 e. The van der Waals surface area contributed by atoms with E-state index in [1.165, 1.54) is 37.4 Å². The normalized spacial score (nSPS) is 16.5. The molecule has 0 bridgehead atoms. The molecule has 3 rings (SSSR count). The van der Waals surface area contributed by atoms with E-state index in [-0.39, 0.29) is 10.6 Å². The zero-order valence-corrected chi connectivity index (χ0v) is 17.7. The SMILES string of the molecule is COc1ccc(C2NC(=S)NC(C)=C2C(=O)Nc2ccc(S(N)(=O)=O)cc2)cc1O. The molecule has 2 aromatic carbocycles. The van der Waals surface area contributed by atoms with E-state index in [9.17, 15) is 18.3 Å². The number of thiocarbonyl (C=S) groups is 1. The molecule has 1 aliphatic heterocycles. The fourth-order valence-electron chi connectivity index (χ4n) is 3.06. The minimum absolute atomic E-state index is 0.0613. The number of carbonyl (C=O) groups excluding carboxylic acids is 1. The lowest BCUT2D eigenvalue weighted by Gasteiger charge is -2.30. The van der Waals surface area contributed by atoms with E-state index in [2.05, 4.69) is 16.0 Å². The molecule has 0 spiro atoms. The second-order valence-corrected chi connectivity index (χ2v) is 8.49. The van der Waals surface area contributed by atoms with E-state index < -0.39 is 22.0 Å². The largest absolute Gasteiger partial charge is 0.504 e. The van der Waals surface area contributed by atoms with Crippen molar-refractivity contribution in [3.05, 3.63) is 59.3 Å². The van der Waals surface area contributed by atoms with Gasteiger partial charge in [-0.15, -0.1) is 0 Å². The first kappa shape index (κ1) is 21.6. The predicted octanol–water partition coefficient (Wildman–Crippen LogP) is 1.48. The van der Waals surface area contributed by atoms with Gasteiger partial charge in [-0.3, -0.25) is 4.79 Å². The zero-order chi connectivity index (χ0) is 22.1. The molecule has 1 heterocycles. The van der Waals surface area contributed by atoms with Gasteiger partial charge in [0.15, 0.2) is 16.6 Å². The number of carbonyl (C=O) groups is 1. The van der Waals surface area contributed by atoms with Crippen LogP contribution < -0.4 is 25.8 Å². The van der Waals surface area contributed by atoms with Gasteiger partial charge in [-0.05, 0) is 61.1 Å². The number of ether oxygens (including phenoxy) is 1. The Morgan fingerprint density at radius 3 is 2.47 bits per heavy atom. The number of sulfonamides is 1. The fraction of sp³-hybridized carbons (Fsp3) is 0.158. The number of aromatic hydroxyl groups is 1. The highest BCUT2D eigenvalue weighted by atomic mass is 32.2. The molecular formula is C19H20N4O5S2. The lowest BCUT2D eigenvalue weighted by Crippen LogP contribution is -2.45. The van der Waals surface area contributed by atoms with Gasteiger partial charge in [0.05, 0.1) is 23.6 Å². The van der Waals surface area contributed by atoms with Gasteiger partial charge in [0.2, 0.25) is 10.0 Å². The molecule has 1 aliphatic rings. The van der Waals surface area contributed by atoms with Gasteiger partial charge in [-0.2, -0.15) is 0 Å². The Hall–Kier alpha value is -3.15. The summed E-state index contributed by atoms with van der Waals surface area (Å²) in [5.74, 6) is -0.201. The summed E-state index contributed by atoms with van der Waals surface area (Å²) < 4.78 is 27.8. The number of methoxy groups -OCH3 is 1. The molecular weight excluding hydrogens is 428 g/mol. The van der Waals surface area contributed by atoms with E-state index >= 15 is 0 Å². The van der Waals surface area contributed by atoms with Crippen LogP contribution in [0.5, 0.6) is 11.5 Å². The monoisotopic (exact) mass is 448 g/mol. The van der Waals surface area contributed by atoms with Gasteiger partial charge in [0.1, 0.15) is 0 Å². The number of anilines is 1. The molecule has 11 heteroatoms. The van der Waals surface area contributed by atoms with Crippen molar-refractivity contribution in [2.45, 2.75) is 17.9 Å². The van der Waals surface area contributed by atoms with Gasteiger partial charge >= 0.3 is 0 Å². The van der Waals surface area contributed by atoms with Crippen LogP contribution in [0.1, 0.15) is 18.5 Å². The van der Waals surface area contributed by atoms with Gasteiger partial charge in [-0.1, -0.05) is 6.07 Å². The molecule has 0 aromatic heterocycles. The number of phenols is 1. The van der Waals surface area contributed by atoms with Crippen LogP contribution in [-0.4, -0.2) is 31.7 Å². The zero-order valence-electron chi connectivity index (χ0n) is 16.1. The molecule has 9 nitrogen and oxygen atoms in total. The lowest BCUT2D eigenvalue weighted by atomic mass is 9.94. The number of hydrogen-bond acceptors (Lipinski definition) is 6. The Kier molecular flexibility index (Phi) is 5.97. The third kappa shape index (κ3) is 4.53. The number of amides is 1. The van der Waals surface area contributed by atoms with Crippen molar-refractivity contribution in [3.63, 3.8) is 0 Å².